The topological polar surface area (TPSA) is 73.5 Å². The van der Waals surface area contributed by atoms with Gasteiger partial charge in [-0.25, -0.2) is 9.37 Å². The molecule has 0 bridgehead atoms. The van der Waals surface area contributed by atoms with E-state index in [9.17, 15) is 4.39 Å². The highest BCUT2D eigenvalue weighted by atomic mass is 19.1. The van der Waals surface area contributed by atoms with Crippen molar-refractivity contribution in [2.75, 3.05) is 13.8 Å². The van der Waals surface area contributed by atoms with Crippen LogP contribution in [0.25, 0.3) is 22.2 Å². The zero-order valence-corrected chi connectivity index (χ0v) is 17.3. The number of halogens is 1. The third kappa shape index (κ3) is 3.94. The normalized spacial score (nSPS) is 12.8. The molecule has 0 aliphatic carbocycles. The van der Waals surface area contributed by atoms with Gasteiger partial charge in [0.1, 0.15) is 5.82 Å². The van der Waals surface area contributed by atoms with Crippen molar-refractivity contribution >= 4 is 10.9 Å². The van der Waals surface area contributed by atoms with Crippen LogP contribution in [0, 0.1) is 5.82 Å². The summed E-state index contributed by atoms with van der Waals surface area (Å²) in [7, 11) is 1.99. The summed E-state index contributed by atoms with van der Waals surface area (Å²) in [4.78, 5) is 11.4. The van der Waals surface area contributed by atoms with Gasteiger partial charge in [-0.15, -0.1) is 0 Å². The van der Waals surface area contributed by atoms with Crippen LogP contribution in [0.1, 0.15) is 24.2 Å². The highest BCUT2D eigenvalue weighted by Crippen LogP contribution is 2.37. The lowest BCUT2D eigenvalue weighted by Gasteiger charge is -2.18. The zero-order chi connectivity index (χ0) is 21.4. The van der Waals surface area contributed by atoms with E-state index in [4.69, 9.17) is 19.0 Å². The maximum absolute atomic E-state index is 13.5. The van der Waals surface area contributed by atoms with Gasteiger partial charge < -0.3 is 14.0 Å². The van der Waals surface area contributed by atoms with Crippen LogP contribution >= 0.6 is 0 Å². The molecule has 0 N–H and O–H groups in total. The average Bonchev–Trinajstić information content (AvgIpc) is 3.41. The number of hydrogen-bond acceptors (Lipinski definition) is 7. The quantitative estimate of drug-likeness (QED) is 0.459. The minimum atomic E-state index is -0.282. The number of rotatable bonds is 6. The first-order valence-electron chi connectivity index (χ1n) is 10.1. The molecule has 0 atom stereocenters. The minimum Gasteiger partial charge on any atom is -0.454 e. The van der Waals surface area contributed by atoms with Crippen LogP contribution in [0.15, 0.2) is 47.0 Å². The van der Waals surface area contributed by atoms with Crippen LogP contribution in [0.5, 0.6) is 11.5 Å². The average molecular weight is 420 g/mol. The summed E-state index contributed by atoms with van der Waals surface area (Å²) in [6.45, 7) is 3.31. The number of aryl methyl sites for hydroxylation is 1. The zero-order valence-electron chi connectivity index (χ0n) is 17.3. The maximum Gasteiger partial charge on any atom is 0.231 e. The molecule has 0 saturated carbocycles. The monoisotopic (exact) mass is 420 g/mol. The largest absolute Gasteiger partial charge is 0.454 e. The van der Waals surface area contributed by atoms with E-state index in [1.165, 1.54) is 12.1 Å². The van der Waals surface area contributed by atoms with Crippen LogP contribution in [0.2, 0.25) is 0 Å². The Hall–Kier alpha value is -3.52. The van der Waals surface area contributed by atoms with E-state index in [1.807, 2.05) is 26.1 Å². The van der Waals surface area contributed by atoms with Gasteiger partial charge in [-0.3, -0.25) is 4.90 Å². The molecule has 158 valence electrons. The second-order valence-electron chi connectivity index (χ2n) is 7.53. The maximum atomic E-state index is 13.5. The Morgan fingerprint density at radius 3 is 2.52 bits per heavy atom. The minimum absolute atomic E-state index is 0.205. The fraction of sp³-hybridized carbons (Fsp3) is 0.261. The molecule has 0 amide bonds. The molecule has 31 heavy (non-hydrogen) atoms. The Kier molecular flexibility index (Phi) is 4.99. The van der Waals surface area contributed by atoms with Crippen LogP contribution in [0.3, 0.4) is 0 Å². The first-order chi connectivity index (χ1) is 15.1. The molecule has 0 fully saturated rings. The van der Waals surface area contributed by atoms with Crippen LogP contribution in [0.4, 0.5) is 4.39 Å². The Morgan fingerprint density at radius 2 is 1.77 bits per heavy atom. The van der Waals surface area contributed by atoms with Gasteiger partial charge in [0.05, 0.1) is 17.8 Å². The molecule has 0 spiro atoms. The van der Waals surface area contributed by atoms with Gasteiger partial charge in [-0.1, -0.05) is 12.1 Å². The summed E-state index contributed by atoms with van der Waals surface area (Å²) in [5.41, 5.74) is 3.43. The van der Waals surface area contributed by atoms with Crippen LogP contribution in [-0.4, -0.2) is 33.9 Å². The van der Waals surface area contributed by atoms with Gasteiger partial charge in [-0.05, 0) is 49.0 Å². The molecular formula is C23H21FN4O3. The lowest BCUT2D eigenvalue weighted by atomic mass is 10.0. The smallest absolute Gasteiger partial charge is 0.231 e. The van der Waals surface area contributed by atoms with Gasteiger partial charge in [0.25, 0.3) is 0 Å². The van der Waals surface area contributed by atoms with Crippen LogP contribution in [-0.2, 0) is 19.5 Å². The van der Waals surface area contributed by atoms with Gasteiger partial charge in [0, 0.05) is 30.0 Å². The fourth-order valence-electron chi connectivity index (χ4n) is 3.67. The Bertz CT molecular complexity index is 1240. The predicted octanol–water partition coefficient (Wildman–Crippen LogP) is 4.35. The van der Waals surface area contributed by atoms with Crippen molar-refractivity contribution in [1.82, 2.24) is 20.0 Å². The Labute approximate surface area is 178 Å². The van der Waals surface area contributed by atoms with E-state index in [1.54, 1.807) is 12.1 Å². The SMILES string of the molecule is CCc1nc(CN(C)Cc2cc3cc4c(cc3nc2-c2ccc(F)cc2)OCO4)no1. The lowest BCUT2D eigenvalue weighted by Crippen LogP contribution is -2.19. The molecule has 2 aromatic heterocycles. The van der Waals surface area contributed by atoms with E-state index in [2.05, 4.69) is 21.1 Å². The van der Waals surface area contributed by atoms with Gasteiger partial charge in [-0.2, -0.15) is 4.98 Å². The molecule has 7 nitrogen and oxygen atoms in total. The molecule has 1 aliphatic heterocycles. The molecule has 0 saturated heterocycles. The number of fused-ring (bicyclic) bond motifs is 2. The summed E-state index contributed by atoms with van der Waals surface area (Å²) < 4.78 is 29.7. The lowest BCUT2D eigenvalue weighted by molar-refractivity contribution is 0.174. The molecule has 8 heteroatoms. The van der Waals surface area contributed by atoms with Crippen molar-refractivity contribution in [3.05, 3.63) is 65.6 Å². The van der Waals surface area contributed by atoms with Gasteiger partial charge in [0.15, 0.2) is 17.3 Å². The number of nitrogens with zero attached hydrogens (tertiary/aromatic N) is 4. The molecule has 3 heterocycles. The number of aromatic nitrogens is 3. The highest BCUT2D eigenvalue weighted by Gasteiger charge is 2.18. The molecular weight excluding hydrogens is 399 g/mol. The number of hydrogen-bond donors (Lipinski definition) is 0. The second kappa shape index (κ2) is 7.96. The molecule has 4 aromatic rings. The highest BCUT2D eigenvalue weighted by molar-refractivity contribution is 5.86. The summed E-state index contributed by atoms with van der Waals surface area (Å²) in [6, 6.07) is 12.3. The third-order valence-corrected chi connectivity index (χ3v) is 5.17. The van der Waals surface area contributed by atoms with Gasteiger partial charge >= 0.3 is 0 Å². The van der Waals surface area contributed by atoms with E-state index >= 15 is 0 Å². The van der Waals surface area contributed by atoms with Crippen molar-refractivity contribution in [1.29, 1.82) is 0 Å². The summed E-state index contributed by atoms with van der Waals surface area (Å²) in [6.07, 6.45) is 0.704. The summed E-state index contributed by atoms with van der Waals surface area (Å²) >= 11 is 0. The van der Waals surface area contributed by atoms with Crippen molar-refractivity contribution < 1.29 is 18.4 Å². The van der Waals surface area contributed by atoms with E-state index < -0.39 is 0 Å². The molecule has 1 aliphatic rings. The predicted molar refractivity (Wildman–Crippen MR) is 112 cm³/mol. The van der Waals surface area contributed by atoms with Crippen LogP contribution < -0.4 is 9.47 Å². The van der Waals surface area contributed by atoms with E-state index in [0.717, 1.165) is 27.7 Å². The molecule has 5 rings (SSSR count). The van der Waals surface area contributed by atoms with Gasteiger partial charge in [0.2, 0.25) is 12.7 Å². The molecule has 2 aromatic carbocycles. The van der Waals surface area contributed by atoms with E-state index in [-0.39, 0.29) is 12.6 Å². The second-order valence-corrected chi connectivity index (χ2v) is 7.53. The van der Waals surface area contributed by atoms with Crippen molar-refractivity contribution in [2.24, 2.45) is 0 Å². The summed E-state index contributed by atoms with van der Waals surface area (Å²) in [5.74, 6) is 2.37. The number of ether oxygens (including phenoxy) is 2. The Balaban J connectivity index is 1.52. The third-order valence-electron chi connectivity index (χ3n) is 5.17. The van der Waals surface area contributed by atoms with Crippen molar-refractivity contribution in [3.63, 3.8) is 0 Å². The number of benzene rings is 2. The molecule has 0 unspecified atom stereocenters. The fourth-order valence-corrected chi connectivity index (χ4v) is 3.67. The van der Waals surface area contributed by atoms with Crippen molar-refractivity contribution in [3.8, 4) is 22.8 Å². The number of pyridine rings is 1. The Morgan fingerprint density at radius 1 is 1.00 bits per heavy atom. The standard InChI is InChI=1S/C23H21FN4O3/c1-3-22-26-21(27-31-22)12-28(2)11-16-8-15-9-19-20(30-13-29-19)10-18(15)25-23(16)14-4-6-17(24)7-5-14/h4-10H,3,11-13H2,1-2H3. The van der Waals surface area contributed by atoms with E-state index in [0.29, 0.717) is 42.7 Å². The molecule has 0 radical (unpaired) electrons. The van der Waals surface area contributed by atoms with Crippen molar-refractivity contribution in [2.45, 2.75) is 26.4 Å². The summed E-state index contributed by atoms with van der Waals surface area (Å²) in [5, 5.41) is 4.98. The first kappa shape index (κ1) is 19.4. The first-order valence-corrected chi connectivity index (χ1v) is 10.1.